The van der Waals surface area contributed by atoms with Gasteiger partial charge in [-0.25, -0.2) is 4.79 Å². The summed E-state index contributed by atoms with van der Waals surface area (Å²) in [4.78, 5) is 13.8. The van der Waals surface area contributed by atoms with Crippen molar-refractivity contribution in [3.05, 3.63) is 58.7 Å². The van der Waals surface area contributed by atoms with E-state index in [9.17, 15) is 9.90 Å². The van der Waals surface area contributed by atoms with Crippen LogP contribution in [0.2, 0.25) is 0 Å². The first-order valence-corrected chi connectivity index (χ1v) is 11.2. The second-order valence-corrected chi connectivity index (χ2v) is 8.98. The van der Waals surface area contributed by atoms with Gasteiger partial charge in [-0.1, -0.05) is 12.1 Å². The van der Waals surface area contributed by atoms with Crippen molar-refractivity contribution in [3.8, 4) is 11.5 Å². The second kappa shape index (κ2) is 12.8. The van der Waals surface area contributed by atoms with E-state index >= 15 is 0 Å². The van der Waals surface area contributed by atoms with E-state index in [0.29, 0.717) is 26.3 Å². The molecule has 2 aromatic rings. The Balaban J connectivity index is 0.000000253. The van der Waals surface area contributed by atoms with Crippen molar-refractivity contribution in [2.75, 3.05) is 26.3 Å². The van der Waals surface area contributed by atoms with Gasteiger partial charge in [-0.05, 0) is 56.2 Å². The van der Waals surface area contributed by atoms with E-state index in [2.05, 4.69) is 5.32 Å². The standard InChI is InChI=1S/C15H21NO4.C10H13NO2.ClH/c1-15(2,3)20-14(18)16-6-7-19-13-5-4-11(10-17)8-12(13)9-16;12-7-8-1-2-10-9(5-8)6-11-3-4-13-10;/h4-5,8,17H,6-7,9-10H2,1-3H3;1-2,5,11-12H,3-4,6-7H2;1H. The van der Waals surface area contributed by atoms with Gasteiger partial charge in [0, 0.05) is 24.2 Å². The third-order valence-corrected chi connectivity index (χ3v) is 5.10. The SMILES string of the molecule is CC(C)(C)OC(=O)N1CCOc2ccc(CO)cc2C1.Cl.OCc1ccc2c(c1)CNCCO2. The Morgan fingerprint density at radius 2 is 1.59 bits per heavy atom. The zero-order valence-electron chi connectivity index (χ0n) is 20.0. The lowest BCUT2D eigenvalue weighted by Crippen LogP contribution is -2.37. The number of aliphatic hydroxyl groups is 2. The van der Waals surface area contributed by atoms with Crippen molar-refractivity contribution in [1.82, 2.24) is 10.2 Å². The molecular weight excluding hydrogens is 460 g/mol. The van der Waals surface area contributed by atoms with E-state index in [0.717, 1.165) is 46.8 Å². The molecule has 2 aliphatic rings. The number of aliphatic hydroxyl groups excluding tert-OH is 2. The lowest BCUT2D eigenvalue weighted by atomic mass is 10.1. The van der Waals surface area contributed by atoms with Crippen LogP contribution in [0.4, 0.5) is 4.79 Å². The fourth-order valence-corrected chi connectivity index (χ4v) is 3.49. The molecule has 0 aromatic heterocycles. The lowest BCUT2D eigenvalue weighted by Gasteiger charge is -2.26. The Kier molecular flexibility index (Phi) is 10.4. The molecule has 188 valence electrons. The molecule has 34 heavy (non-hydrogen) atoms. The van der Waals surface area contributed by atoms with E-state index in [1.807, 2.05) is 57.2 Å². The van der Waals surface area contributed by atoms with Crippen LogP contribution >= 0.6 is 12.4 Å². The minimum absolute atomic E-state index is 0. The second-order valence-electron chi connectivity index (χ2n) is 8.98. The highest BCUT2D eigenvalue weighted by Gasteiger charge is 2.25. The first-order valence-electron chi connectivity index (χ1n) is 11.2. The summed E-state index contributed by atoms with van der Waals surface area (Å²) in [6.07, 6.45) is -0.344. The number of benzene rings is 2. The molecule has 0 saturated carbocycles. The van der Waals surface area contributed by atoms with Crippen LogP contribution < -0.4 is 14.8 Å². The number of fused-ring (bicyclic) bond motifs is 2. The number of rotatable bonds is 2. The van der Waals surface area contributed by atoms with Crippen molar-refractivity contribution in [3.63, 3.8) is 0 Å². The third kappa shape index (κ3) is 8.06. The molecule has 0 bridgehead atoms. The molecule has 0 saturated heterocycles. The molecule has 2 aliphatic heterocycles. The number of hydrogen-bond donors (Lipinski definition) is 3. The summed E-state index contributed by atoms with van der Waals surface area (Å²) in [6.45, 7) is 9.36. The zero-order chi connectivity index (χ0) is 23.8. The topological polar surface area (TPSA) is 100 Å². The molecule has 0 fully saturated rings. The Hall–Kier alpha value is -2.52. The molecule has 2 aromatic carbocycles. The zero-order valence-corrected chi connectivity index (χ0v) is 20.8. The third-order valence-electron chi connectivity index (χ3n) is 5.10. The van der Waals surface area contributed by atoms with Gasteiger partial charge in [0.05, 0.1) is 26.3 Å². The molecule has 3 N–H and O–H groups in total. The minimum Gasteiger partial charge on any atom is -0.492 e. The molecule has 9 heteroatoms. The van der Waals surface area contributed by atoms with Crippen LogP contribution in [-0.4, -0.2) is 53.1 Å². The van der Waals surface area contributed by atoms with Gasteiger partial charge < -0.3 is 34.6 Å². The lowest BCUT2D eigenvalue weighted by molar-refractivity contribution is 0.0225. The van der Waals surface area contributed by atoms with E-state index in [4.69, 9.17) is 19.3 Å². The van der Waals surface area contributed by atoms with Crippen LogP contribution in [0.5, 0.6) is 11.5 Å². The van der Waals surface area contributed by atoms with Gasteiger partial charge in [-0.3, -0.25) is 0 Å². The fraction of sp³-hybridized carbons (Fsp3) is 0.480. The highest BCUT2D eigenvalue weighted by atomic mass is 35.5. The molecule has 0 atom stereocenters. The highest BCUT2D eigenvalue weighted by Crippen LogP contribution is 2.25. The van der Waals surface area contributed by atoms with Crippen molar-refractivity contribution in [1.29, 1.82) is 0 Å². The van der Waals surface area contributed by atoms with Crippen LogP contribution in [-0.2, 0) is 31.0 Å². The normalized spacial score (nSPS) is 14.9. The van der Waals surface area contributed by atoms with Crippen LogP contribution in [0.1, 0.15) is 43.0 Å². The highest BCUT2D eigenvalue weighted by molar-refractivity contribution is 5.85. The number of hydrogen-bond acceptors (Lipinski definition) is 7. The minimum atomic E-state index is -0.514. The average Bonchev–Trinajstić information content (AvgIpc) is 3.15. The molecule has 2 heterocycles. The van der Waals surface area contributed by atoms with Crippen molar-refractivity contribution < 1.29 is 29.2 Å². The van der Waals surface area contributed by atoms with Crippen molar-refractivity contribution >= 4 is 18.5 Å². The monoisotopic (exact) mass is 494 g/mol. The van der Waals surface area contributed by atoms with Crippen LogP contribution in [0, 0.1) is 0 Å². The smallest absolute Gasteiger partial charge is 0.410 e. The Labute approximate surface area is 207 Å². The number of halogens is 1. The fourth-order valence-electron chi connectivity index (χ4n) is 3.49. The molecule has 1 amide bonds. The van der Waals surface area contributed by atoms with Crippen molar-refractivity contribution in [2.24, 2.45) is 0 Å². The molecular formula is C25H35ClN2O6. The van der Waals surface area contributed by atoms with E-state index < -0.39 is 5.60 Å². The van der Waals surface area contributed by atoms with Gasteiger partial charge in [-0.2, -0.15) is 0 Å². The maximum Gasteiger partial charge on any atom is 0.410 e. The Morgan fingerprint density at radius 3 is 2.21 bits per heavy atom. The van der Waals surface area contributed by atoms with Gasteiger partial charge in [-0.15, -0.1) is 12.4 Å². The molecule has 0 unspecified atom stereocenters. The van der Waals surface area contributed by atoms with Gasteiger partial charge in [0.1, 0.15) is 30.3 Å². The summed E-state index contributed by atoms with van der Waals surface area (Å²) < 4.78 is 16.5. The summed E-state index contributed by atoms with van der Waals surface area (Å²) in [5, 5.41) is 21.4. The molecule has 8 nitrogen and oxygen atoms in total. The number of carbonyl (C=O) groups excluding carboxylic acids is 1. The average molecular weight is 495 g/mol. The number of ether oxygens (including phenoxy) is 3. The number of amides is 1. The largest absolute Gasteiger partial charge is 0.492 e. The quantitative estimate of drug-likeness (QED) is 0.588. The van der Waals surface area contributed by atoms with Crippen LogP contribution in [0.25, 0.3) is 0 Å². The van der Waals surface area contributed by atoms with E-state index in [1.165, 1.54) is 0 Å². The maximum absolute atomic E-state index is 12.1. The van der Waals surface area contributed by atoms with Crippen LogP contribution in [0.15, 0.2) is 36.4 Å². The van der Waals surface area contributed by atoms with Crippen LogP contribution in [0.3, 0.4) is 0 Å². The summed E-state index contributed by atoms with van der Waals surface area (Å²) in [6, 6.07) is 11.3. The molecule has 4 rings (SSSR count). The van der Waals surface area contributed by atoms with E-state index in [-0.39, 0.29) is 31.7 Å². The maximum atomic E-state index is 12.1. The summed E-state index contributed by atoms with van der Waals surface area (Å²) in [5.74, 6) is 1.69. The summed E-state index contributed by atoms with van der Waals surface area (Å²) >= 11 is 0. The predicted octanol–water partition coefficient (Wildman–Crippen LogP) is 3.39. The Bertz CT molecular complexity index is 947. The number of carbonyl (C=O) groups is 1. The summed E-state index contributed by atoms with van der Waals surface area (Å²) in [7, 11) is 0. The number of nitrogens with zero attached hydrogens (tertiary/aromatic N) is 1. The van der Waals surface area contributed by atoms with Gasteiger partial charge in [0.15, 0.2) is 0 Å². The van der Waals surface area contributed by atoms with E-state index in [1.54, 1.807) is 4.90 Å². The number of nitrogens with one attached hydrogen (secondary N) is 1. The first-order chi connectivity index (χ1) is 15.8. The predicted molar refractivity (Wildman–Crippen MR) is 131 cm³/mol. The summed E-state index contributed by atoms with van der Waals surface area (Å²) in [5.41, 5.74) is 3.24. The van der Waals surface area contributed by atoms with Gasteiger partial charge in [0.25, 0.3) is 0 Å². The van der Waals surface area contributed by atoms with Gasteiger partial charge in [0.2, 0.25) is 0 Å². The Morgan fingerprint density at radius 1 is 1.00 bits per heavy atom. The van der Waals surface area contributed by atoms with Gasteiger partial charge >= 0.3 is 6.09 Å². The molecule has 0 spiro atoms. The first kappa shape index (κ1) is 27.7. The van der Waals surface area contributed by atoms with Crippen molar-refractivity contribution in [2.45, 2.75) is 52.7 Å². The molecule has 0 aliphatic carbocycles. The molecule has 0 radical (unpaired) electrons.